The SMILES string of the molecule is CC1(C)[C@@H]2CC[C@@]1(C)[C@H](O)[C@@H]2CC(=O)N(Cc1ccccc1)Cc1ccccc1. The van der Waals surface area contributed by atoms with Crippen LogP contribution in [0.25, 0.3) is 0 Å². The van der Waals surface area contributed by atoms with Crippen molar-refractivity contribution in [2.24, 2.45) is 22.7 Å². The van der Waals surface area contributed by atoms with Crippen LogP contribution in [0.15, 0.2) is 60.7 Å². The Morgan fingerprint density at radius 2 is 1.48 bits per heavy atom. The molecule has 0 aliphatic heterocycles. The molecule has 2 fully saturated rings. The molecule has 2 aliphatic rings. The van der Waals surface area contributed by atoms with Crippen LogP contribution in [0.3, 0.4) is 0 Å². The molecular weight excluding hydrogens is 358 g/mol. The molecule has 3 heteroatoms. The number of aliphatic hydroxyl groups is 1. The van der Waals surface area contributed by atoms with E-state index in [0.717, 1.165) is 24.0 Å². The van der Waals surface area contributed by atoms with E-state index in [1.807, 2.05) is 41.3 Å². The summed E-state index contributed by atoms with van der Waals surface area (Å²) in [6.07, 6.45) is 2.23. The van der Waals surface area contributed by atoms with Gasteiger partial charge in [-0.05, 0) is 46.6 Å². The van der Waals surface area contributed by atoms with E-state index in [1.165, 1.54) is 0 Å². The average molecular weight is 392 g/mol. The van der Waals surface area contributed by atoms with Gasteiger partial charge in [-0.15, -0.1) is 0 Å². The van der Waals surface area contributed by atoms with Gasteiger partial charge < -0.3 is 10.0 Å². The van der Waals surface area contributed by atoms with Gasteiger partial charge in [0.2, 0.25) is 5.91 Å². The van der Waals surface area contributed by atoms with Crippen LogP contribution in [0.1, 0.15) is 51.2 Å². The highest BCUT2D eigenvalue weighted by atomic mass is 16.3. The number of carbonyl (C=O) groups excluding carboxylic acids is 1. The van der Waals surface area contributed by atoms with E-state index in [4.69, 9.17) is 0 Å². The molecule has 154 valence electrons. The lowest BCUT2D eigenvalue weighted by Crippen LogP contribution is -2.39. The Balaban J connectivity index is 1.54. The van der Waals surface area contributed by atoms with Crippen molar-refractivity contribution in [1.29, 1.82) is 0 Å². The van der Waals surface area contributed by atoms with E-state index in [0.29, 0.717) is 25.4 Å². The molecule has 29 heavy (non-hydrogen) atoms. The van der Waals surface area contributed by atoms with Gasteiger partial charge in [-0.1, -0.05) is 81.4 Å². The van der Waals surface area contributed by atoms with Crippen molar-refractivity contribution >= 4 is 5.91 Å². The first-order valence-corrected chi connectivity index (χ1v) is 10.9. The second kappa shape index (κ2) is 7.60. The average Bonchev–Trinajstić information content (AvgIpc) is 3.03. The van der Waals surface area contributed by atoms with Crippen LogP contribution in [0, 0.1) is 22.7 Å². The summed E-state index contributed by atoms with van der Waals surface area (Å²) in [5.74, 6) is 0.626. The van der Waals surface area contributed by atoms with Gasteiger partial charge in [0.15, 0.2) is 0 Å². The van der Waals surface area contributed by atoms with Gasteiger partial charge in [-0.3, -0.25) is 4.79 Å². The summed E-state index contributed by atoms with van der Waals surface area (Å²) in [5.41, 5.74) is 2.28. The quantitative estimate of drug-likeness (QED) is 0.749. The second-order valence-electron chi connectivity index (χ2n) is 9.82. The Kier molecular flexibility index (Phi) is 5.29. The van der Waals surface area contributed by atoms with Gasteiger partial charge in [0.1, 0.15) is 0 Å². The third-order valence-corrected chi connectivity index (χ3v) is 8.14. The number of carbonyl (C=O) groups is 1. The summed E-state index contributed by atoms with van der Waals surface area (Å²) in [5, 5.41) is 11.1. The molecule has 0 aromatic heterocycles. The number of fused-ring (bicyclic) bond motifs is 2. The van der Waals surface area contributed by atoms with E-state index >= 15 is 0 Å². The van der Waals surface area contributed by atoms with Crippen molar-refractivity contribution < 1.29 is 9.90 Å². The fourth-order valence-corrected chi connectivity index (χ4v) is 5.96. The molecule has 4 atom stereocenters. The maximum atomic E-state index is 13.5. The lowest BCUT2D eigenvalue weighted by atomic mass is 9.70. The Hall–Kier alpha value is -2.13. The number of hydrogen-bond donors (Lipinski definition) is 1. The van der Waals surface area contributed by atoms with Crippen LogP contribution in [-0.2, 0) is 17.9 Å². The first-order chi connectivity index (χ1) is 13.8. The molecule has 0 radical (unpaired) electrons. The van der Waals surface area contributed by atoms with Gasteiger partial charge in [0, 0.05) is 19.5 Å². The Morgan fingerprint density at radius 3 is 1.93 bits per heavy atom. The van der Waals surface area contributed by atoms with Gasteiger partial charge in [-0.25, -0.2) is 0 Å². The smallest absolute Gasteiger partial charge is 0.223 e. The number of aliphatic hydroxyl groups excluding tert-OH is 1. The van der Waals surface area contributed by atoms with E-state index in [-0.39, 0.29) is 22.7 Å². The molecule has 1 amide bonds. The number of nitrogens with zero attached hydrogens (tertiary/aromatic N) is 1. The van der Waals surface area contributed by atoms with Crippen molar-refractivity contribution in [2.45, 2.75) is 59.2 Å². The molecule has 2 bridgehead atoms. The first kappa shape index (κ1) is 20.2. The summed E-state index contributed by atoms with van der Waals surface area (Å²) >= 11 is 0. The predicted octanol–water partition coefficient (Wildman–Crippen LogP) is 5.04. The van der Waals surface area contributed by atoms with Crippen LogP contribution in [0.4, 0.5) is 0 Å². The zero-order chi connectivity index (χ0) is 20.6. The number of hydrogen-bond acceptors (Lipinski definition) is 2. The third kappa shape index (κ3) is 3.50. The molecule has 0 heterocycles. The summed E-state index contributed by atoms with van der Waals surface area (Å²) in [4.78, 5) is 15.4. The van der Waals surface area contributed by atoms with Crippen molar-refractivity contribution in [3.05, 3.63) is 71.8 Å². The number of rotatable bonds is 6. The summed E-state index contributed by atoms with van der Waals surface area (Å²) in [7, 11) is 0. The van der Waals surface area contributed by atoms with Crippen LogP contribution in [0.2, 0.25) is 0 Å². The lowest BCUT2D eigenvalue weighted by molar-refractivity contribution is -0.135. The minimum atomic E-state index is -0.393. The summed E-state index contributed by atoms with van der Waals surface area (Å²) < 4.78 is 0. The van der Waals surface area contributed by atoms with Gasteiger partial charge in [0.25, 0.3) is 0 Å². The summed E-state index contributed by atoms with van der Waals surface area (Å²) in [6.45, 7) is 7.98. The highest BCUT2D eigenvalue weighted by molar-refractivity contribution is 5.76. The molecule has 0 spiro atoms. The number of benzene rings is 2. The molecule has 2 aromatic carbocycles. The Labute approximate surface area is 174 Å². The minimum absolute atomic E-state index is 0.0605. The fraction of sp³-hybridized carbons (Fsp3) is 0.500. The molecule has 4 rings (SSSR count). The summed E-state index contributed by atoms with van der Waals surface area (Å²) in [6, 6.07) is 20.4. The second-order valence-corrected chi connectivity index (χ2v) is 9.82. The maximum Gasteiger partial charge on any atom is 0.223 e. The molecular formula is C26H33NO2. The highest BCUT2D eigenvalue weighted by Gasteiger charge is 2.65. The molecule has 2 saturated carbocycles. The monoisotopic (exact) mass is 391 g/mol. The third-order valence-electron chi connectivity index (χ3n) is 8.14. The van der Waals surface area contributed by atoms with E-state index in [2.05, 4.69) is 45.0 Å². The minimum Gasteiger partial charge on any atom is -0.392 e. The predicted molar refractivity (Wildman–Crippen MR) is 116 cm³/mol. The Bertz CT molecular complexity index is 806. The van der Waals surface area contributed by atoms with Crippen molar-refractivity contribution in [3.63, 3.8) is 0 Å². The zero-order valence-electron chi connectivity index (χ0n) is 17.8. The maximum absolute atomic E-state index is 13.5. The molecule has 1 N–H and O–H groups in total. The van der Waals surface area contributed by atoms with E-state index < -0.39 is 6.10 Å². The Morgan fingerprint density at radius 1 is 0.966 bits per heavy atom. The normalized spacial score (nSPS) is 29.7. The molecule has 3 nitrogen and oxygen atoms in total. The van der Waals surface area contributed by atoms with Gasteiger partial charge in [-0.2, -0.15) is 0 Å². The lowest BCUT2D eigenvalue weighted by Gasteiger charge is -2.37. The number of amides is 1. The molecule has 0 unspecified atom stereocenters. The van der Waals surface area contributed by atoms with E-state index in [1.54, 1.807) is 0 Å². The van der Waals surface area contributed by atoms with Crippen molar-refractivity contribution in [1.82, 2.24) is 4.90 Å². The van der Waals surface area contributed by atoms with Crippen LogP contribution in [-0.4, -0.2) is 22.0 Å². The fourth-order valence-electron chi connectivity index (χ4n) is 5.96. The largest absolute Gasteiger partial charge is 0.392 e. The van der Waals surface area contributed by atoms with Crippen LogP contribution < -0.4 is 0 Å². The topological polar surface area (TPSA) is 40.5 Å². The van der Waals surface area contributed by atoms with E-state index in [9.17, 15) is 9.90 Å². The van der Waals surface area contributed by atoms with Crippen LogP contribution >= 0.6 is 0 Å². The molecule has 0 saturated heterocycles. The van der Waals surface area contributed by atoms with Crippen molar-refractivity contribution in [3.8, 4) is 0 Å². The van der Waals surface area contributed by atoms with Crippen molar-refractivity contribution in [2.75, 3.05) is 0 Å². The van der Waals surface area contributed by atoms with Gasteiger partial charge >= 0.3 is 0 Å². The van der Waals surface area contributed by atoms with Crippen LogP contribution in [0.5, 0.6) is 0 Å². The standard InChI is InChI=1S/C26H33NO2/c1-25(2)22-14-15-26(25,3)24(29)21(22)16-23(28)27(17-19-10-6-4-7-11-19)18-20-12-8-5-9-13-20/h4-13,21-22,24,29H,14-18H2,1-3H3/t21-,22-,24-,26+/m1/s1. The molecule has 2 aromatic rings. The first-order valence-electron chi connectivity index (χ1n) is 10.9. The zero-order valence-corrected chi connectivity index (χ0v) is 17.8. The molecule has 2 aliphatic carbocycles. The van der Waals surface area contributed by atoms with Gasteiger partial charge in [0.05, 0.1) is 6.10 Å². The highest BCUT2D eigenvalue weighted by Crippen LogP contribution is 2.68.